The number of hydrogen-bond donors (Lipinski definition) is 2. The van der Waals surface area contributed by atoms with Gasteiger partial charge in [-0.2, -0.15) is 5.10 Å². The summed E-state index contributed by atoms with van der Waals surface area (Å²) >= 11 is 0. The molecular formula is C26H31N3O4. The maximum atomic E-state index is 13.3. The van der Waals surface area contributed by atoms with Crippen molar-refractivity contribution in [3.63, 3.8) is 0 Å². The maximum Gasteiger partial charge on any atom is 0.273 e. The van der Waals surface area contributed by atoms with Gasteiger partial charge in [0.2, 0.25) is 0 Å². The highest BCUT2D eigenvalue weighted by molar-refractivity contribution is 6.00. The maximum absolute atomic E-state index is 13.3. The second-order valence-electron chi connectivity index (χ2n) is 8.10. The van der Waals surface area contributed by atoms with Gasteiger partial charge in [0, 0.05) is 30.9 Å². The first-order valence-corrected chi connectivity index (χ1v) is 11.6. The molecule has 2 heterocycles. The summed E-state index contributed by atoms with van der Waals surface area (Å²) in [6, 6.07) is 14.7. The van der Waals surface area contributed by atoms with Crippen LogP contribution < -0.4 is 4.74 Å². The molecule has 1 aliphatic rings. The normalized spacial score (nSPS) is 15.2. The molecule has 2 aromatic carbocycles. The van der Waals surface area contributed by atoms with Gasteiger partial charge in [-0.05, 0) is 49.6 Å². The lowest BCUT2D eigenvalue weighted by molar-refractivity contribution is 0.0710. The van der Waals surface area contributed by atoms with E-state index in [2.05, 4.69) is 17.1 Å². The molecule has 1 aliphatic heterocycles. The predicted octanol–water partition coefficient (Wildman–Crippen LogP) is 4.93. The number of aromatic amines is 1. The van der Waals surface area contributed by atoms with E-state index in [0.717, 1.165) is 36.1 Å². The molecule has 33 heavy (non-hydrogen) atoms. The van der Waals surface area contributed by atoms with Crippen molar-refractivity contribution in [3.05, 3.63) is 65.4 Å². The second-order valence-corrected chi connectivity index (χ2v) is 8.10. The lowest BCUT2D eigenvalue weighted by Crippen LogP contribution is -2.31. The molecular weight excluding hydrogens is 418 g/mol. The van der Waals surface area contributed by atoms with Crippen LogP contribution in [0.1, 0.15) is 60.8 Å². The van der Waals surface area contributed by atoms with E-state index in [1.165, 1.54) is 0 Å². The molecule has 1 atom stereocenters. The number of aromatic hydroxyl groups is 1. The van der Waals surface area contributed by atoms with Crippen molar-refractivity contribution in [2.45, 2.75) is 39.2 Å². The molecule has 0 bridgehead atoms. The van der Waals surface area contributed by atoms with Crippen LogP contribution in [0.5, 0.6) is 11.5 Å². The minimum atomic E-state index is -0.313. The summed E-state index contributed by atoms with van der Waals surface area (Å²) in [6.07, 6.45) is 2.82. The van der Waals surface area contributed by atoms with Crippen LogP contribution >= 0.6 is 0 Å². The molecule has 0 radical (unpaired) electrons. The Balaban J connectivity index is 1.69. The summed E-state index contributed by atoms with van der Waals surface area (Å²) in [5, 5.41) is 17.8. The highest BCUT2D eigenvalue weighted by Gasteiger charge is 2.42. The van der Waals surface area contributed by atoms with Gasteiger partial charge in [0.05, 0.1) is 12.6 Å². The smallest absolute Gasteiger partial charge is 0.273 e. The average molecular weight is 450 g/mol. The van der Waals surface area contributed by atoms with E-state index < -0.39 is 0 Å². The zero-order valence-electron chi connectivity index (χ0n) is 19.2. The van der Waals surface area contributed by atoms with Crippen LogP contribution in [0.15, 0.2) is 48.5 Å². The lowest BCUT2D eigenvalue weighted by atomic mass is 9.95. The highest BCUT2D eigenvalue weighted by Crippen LogP contribution is 2.44. The van der Waals surface area contributed by atoms with E-state index in [9.17, 15) is 9.90 Å². The third-order valence-corrected chi connectivity index (χ3v) is 5.88. The summed E-state index contributed by atoms with van der Waals surface area (Å²) in [7, 11) is 0. The Labute approximate surface area is 194 Å². The fourth-order valence-electron chi connectivity index (χ4n) is 4.22. The Hall–Kier alpha value is -3.32. The summed E-state index contributed by atoms with van der Waals surface area (Å²) in [6.45, 7) is 6.58. The summed E-state index contributed by atoms with van der Waals surface area (Å²) in [5.74, 6) is 0.851. The molecule has 0 saturated carbocycles. The molecule has 7 nitrogen and oxygen atoms in total. The number of ether oxygens (including phenoxy) is 2. The zero-order valence-corrected chi connectivity index (χ0v) is 19.2. The number of phenolic OH excluding ortho intramolecular Hbond substituents is 1. The Morgan fingerprint density at radius 3 is 2.58 bits per heavy atom. The molecule has 2 N–H and O–H groups in total. The molecule has 0 aliphatic carbocycles. The molecule has 0 saturated heterocycles. The number of para-hydroxylation sites is 1. The molecule has 4 rings (SSSR count). The van der Waals surface area contributed by atoms with Crippen molar-refractivity contribution in [1.82, 2.24) is 15.1 Å². The Kier molecular flexibility index (Phi) is 7.29. The van der Waals surface area contributed by atoms with E-state index in [0.29, 0.717) is 43.3 Å². The summed E-state index contributed by atoms with van der Waals surface area (Å²) in [4.78, 5) is 15.2. The highest BCUT2D eigenvalue weighted by atomic mass is 16.5. The van der Waals surface area contributed by atoms with Gasteiger partial charge < -0.3 is 19.5 Å². The van der Waals surface area contributed by atoms with Crippen LogP contribution in [0.25, 0.3) is 11.3 Å². The lowest BCUT2D eigenvalue weighted by Gasteiger charge is -2.26. The number of aromatic nitrogens is 2. The van der Waals surface area contributed by atoms with Gasteiger partial charge in [0.25, 0.3) is 5.91 Å². The number of benzene rings is 2. The van der Waals surface area contributed by atoms with E-state index in [1.54, 1.807) is 12.1 Å². The zero-order chi connectivity index (χ0) is 23.2. The first-order valence-electron chi connectivity index (χ1n) is 11.6. The van der Waals surface area contributed by atoms with Gasteiger partial charge in [-0.25, -0.2) is 0 Å². The monoisotopic (exact) mass is 449 g/mol. The van der Waals surface area contributed by atoms with Crippen molar-refractivity contribution in [2.24, 2.45) is 0 Å². The van der Waals surface area contributed by atoms with Crippen LogP contribution in [0.4, 0.5) is 0 Å². The third kappa shape index (κ3) is 4.73. The molecule has 174 valence electrons. The Morgan fingerprint density at radius 1 is 1.06 bits per heavy atom. The van der Waals surface area contributed by atoms with Crippen molar-refractivity contribution >= 4 is 5.91 Å². The topological polar surface area (TPSA) is 87.7 Å². The number of nitrogens with one attached hydrogen (secondary N) is 1. The molecule has 3 aromatic rings. The SMILES string of the molecule is CCCCOc1ccc([C@@H]2c3c(-c4ccccc4O)n[nH]c3C(=O)N2CCCOCC)cc1. The van der Waals surface area contributed by atoms with E-state index in [4.69, 9.17) is 9.47 Å². The van der Waals surface area contributed by atoms with Crippen molar-refractivity contribution < 1.29 is 19.4 Å². The number of unbranched alkanes of at least 4 members (excludes halogenated alkanes) is 1. The molecule has 7 heteroatoms. The van der Waals surface area contributed by atoms with Crippen molar-refractivity contribution in [3.8, 4) is 22.8 Å². The van der Waals surface area contributed by atoms with E-state index in [-0.39, 0.29) is 17.7 Å². The van der Waals surface area contributed by atoms with Crippen LogP contribution in [0.2, 0.25) is 0 Å². The van der Waals surface area contributed by atoms with Crippen molar-refractivity contribution in [2.75, 3.05) is 26.4 Å². The second kappa shape index (κ2) is 10.5. The fourth-order valence-corrected chi connectivity index (χ4v) is 4.22. The quantitative estimate of drug-likeness (QED) is 0.405. The largest absolute Gasteiger partial charge is 0.507 e. The third-order valence-electron chi connectivity index (χ3n) is 5.88. The first kappa shape index (κ1) is 22.9. The Morgan fingerprint density at radius 2 is 1.85 bits per heavy atom. The summed E-state index contributed by atoms with van der Waals surface area (Å²) in [5.41, 5.74) is 3.43. The van der Waals surface area contributed by atoms with E-state index in [1.807, 2.05) is 48.2 Å². The number of amides is 1. The minimum Gasteiger partial charge on any atom is -0.507 e. The van der Waals surface area contributed by atoms with Gasteiger partial charge in [0.15, 0.2) is 0 Å². The van der Waals surface area contributed by atoms with Crippen LogP contribution in [-0.4, -0.2) is 52.5 Å². The minimum absolute atomic E-state index is 0.0936. The molecule has 1 aromatic heterocycles. The average Bonchev–Trinajstić information content (AvgIpc) is 3.37. The van der Waals surface area contributed by atoms with E-state index >= 15 is 0 Å². The number of hydrogen-bond acceptors (Lipinski definition) is 5. The predicted molar refractivity (Wildman–Crippen MR) is 127 cm³/mol. The number of carbonyl (C=O) groups is 1. The van der Waals surface area contributed by atoms with Crippen LogP contribution in [0, 0.1) is 0 Å². The molecule has 0 fully saturated rings. The fraction of sp³-hybridized carbons (Fsp3) is 0.385. The summed E-state index contributed by atoms with van der Waals surface area (Å²) < 4.78 is 11.3. The van der Waals surface area contributed by atoms with Gasteiger partial charge in [-0.3, -0.25) is 9.89 Å². The molecule has 0 spiro atoms. The number of carbonyl (C=O) groups excluding carboxylic acids is 1. The molecule has 0 unspecified atom stereocenters. The van der Waals surface area contributed by atoms with Gasteiger partial charge in [0.1, 0.15) is 22.9 Å². The number of nitrogens with zero attached hydrogens (tertiary/aromatic N) is 2. The number of H-pyrrole nitrogens is 1. The Bertz CT molecular complexity index is 1080. The molecule has 1 amide bonds. The van der Waals surface area contributed by atoms with Gasteiger partial charge in [-0.15, -0.1) is 0 Å². The standard InChI is InChI=1S/C26H31N3O4/c1-3-5-17-33-19-13-11-18(12-14-19)25-22-23(20-9-6-7-10-21(20)30)27-28-24(22)26(31)29(25)15-8-16-32-4-2/h6-7,9-14,25,30H,3-5,8,15-17H2,1-2H3,(H,27,28)/t25-/m1/s1. The van der Waals surface area contributed by atoms with Crippen LogP contribution in [0.3, 0.4) is 0 Å². The van der Waals surface area contributed by atoms with Crippen LogP contribution in [-0.2, 0) is 4.74 Å². The first-order chi connectivity index (χ1) is 16.2. The van der Waals surface area contributed by atoms with Gasteiger partial charge in [-0.1, -0.05) is 37.6 Å². The van der Waals surface area contributed by atoms with Crippen molar-refractivity contribution in [1.29, 1.82) is 0 Å². The number of rotatable bonds is 11. The van der Waals surface area contributed by atoms with Gasteiger partial charge >= 0.3 is 0 Å². The number of phenols is 1. The number of fused-ring (bicyclic) bond motifs is 1.